The summed E-state index contributed by atoms with van der Waals surface area (Å²) in [4.78, 5) is 0. The Labute approximate surface area is 125 Å². The molecule has 2 aromatic carbocycles. The van der Waals surface area contributed by atoms with Gasteiger partial charge in [-0.2, -0.15) is 13.2 Å². The molecule has 6 heteroatoms. The summed E-state index contributed by atoms with van der Waals surface area (Å²) in [5.74, 6) is -0.633. The number of benzene rings is 2. The summed E-state index contributed by atoms with van der Waals surface area (Å²) in [6.45, 7) is -0.227. The molecule has 2 nitrogen and oxygen atoms in total. The molecule has 0 saturated carbocycles. The fourth-order valence-corrected chi connectivity index (χ4v) is 1.95. The number of hydrogen-bond donors (Lipinski definition) is 1. The van der Waals surface area contributed by atoms with E-state index in [4.69, 9.17) is 4.74 Å². The van der Waals surface area contributed by atoms with E-state index >= 15 is 0 Å². The van der Waals surface area contributed by atoms with Gasteiger partial charge in [0.2, 0.25) is 0 Å². The second-order valence-corrected chi connectivity index (χ2v) is 4.77. The van der Waals surface area contributed by atoms with Gasteiger partial charge in [-0.15, -0.1) is 0 Å². The quantitative estimate of drug-likeness (QED) is 0.845. The lowest BCUT2D eigenvalue weighted by atomic mass is 10.0. The lowest BCUT2D eigenvalue weighted by Gasteiger charge is -2.16. The molecule has 0 spiro atoms. The average molecular weight is 314 g/mol. The third kappa shape index (κ3) is 4.21. The van der Waals surface area contributed by atoms with Gasteiger partial charge in [0.15, 0.2) is 0 Å². The monoisotopic (exact) mass is 314 g/mol. The molecule has 0 aliphatic rings. The first-order valence-corrected chi connectivity index (χ1v) is 6.56. The predicted molar refractivity (Wildman–Crippen MR) is 73.2 cm³/mol. The van der Waals surface area contributed by atoms with Crippen molar-refractivity contribution in [1.29, 1.82) is 0 Å². The zero-order chi connectivity index (χ0) is 16.2. The smallest absolute Gasteiger partial charge is 0.416 e. The number of aliphatic hydroxyl groups is 1. The molecule has 0 aliphatic carbocycles. The van der Waals surface area contributed by atoms with E-state index in [1.54, 1.807) is 6.07 Å². The van der Waals surface area contributed by atoms with Crippen molar-refractivity contribution >= 4 is 0 Å². The van der Waals surface area contributed by atoms with Crippen LogP contribution in [-0.2, 0) is 6.18 Å². The Morgan fingerprint density at radius 1 is 1.05 bits per heavy atom. The standard InChI is InChI=1S/C16H14F4O2/c17-14-3-1-2-11(8-14)12(9-21)10-22-15-6-4-13(5-7-15)16(18,19)20/h1-8,12,21H,9-10H2. The van der Waals surface area contributed by atoms with Gasteiger partial charge in [0, 0.05) is 5.92 Å². The van der Waals surface area contributed by atoms with Crippen LogP contribution in [0.4, 0.5) is 17.6 Å². The van der Waals surface area contributed by atoms with Crippen LogP contribution in [0.2, 0.25) is 0 Å². The van der Waals surface area contributed by atoms with Crippen LogP contribution in [0.25, 0.3) is 0 Å². The molecule has 0 saturated heterocycles. The topological polar surface area (TPSA) is 29.5 Å². The van der Waals surface area contributed by atoms with E-state index in [9.17, 15) is 22.7 Å². The highest BCUT2D eigenvalue weighted by atomic mass is 19.4. The highest BCUT2D eigenvalue weighted by Crippen LogP contribution is 2.30. The number of halogens is 4. The first kappa shape index (κ1) is 16.3. The molecule has 1 unspecified atom stereocenters. The summed E-state index contributed by atoms with van der Waals surface area (Å²) >= 11 is 0. The Bertz CT molecular complexity index is 608. The fraction of sp³-hybridized carbons (Fsp3) is 0.250. The molecule has 0 radical (unpaired) electrons. The SMILES string of the molecule is OCC(COc1ccc(C(F)(F)F)cc1)c1cccc(F)c1. The van der Waals surface area contributed by atoms with Gasteiger partial charge in [-0.25, -0.2) is 4.39 Å². The summed E-state index contributed by atoms with van der Waals surface area (Å²) in [6, 6.07) is 10.0. The van der Waals surface area contributed by atoms with E-state index in [-0.39, 0.29) is 19.0 Å². The third-order valence-electron chi connectivity index (χ3n) is 3.17. The maximum atomic E-state index is 13.2. The summed E-state index contributed by atoms with van der Waals surface area (Å²) in [6.07, 6.45) is -4.40. The molecular weight excluding hydrogens is 300 g/mol. The molecule has 0 heterocycles. The molecule has 22 heavy (non-hydrogen) atoms. The normalized spacial score (nSPS) is 13.0. The Hall–Kier alpha value is -2.08. The molecular formula is C16H14F4O2. The largest absolute Gasteiger partial charge is 0.493 e. The summed E-state index contributed by atoms with van der Waals surface area (Å²) in [7, 11) is 0. The Morgan fingerprint density at radius 3 is 2.27 bits per heavy atom. The third-order valence-corrected chi connectivity index (χ3v) is 3.17. The summed E-state index contributed by atoms with van der Waals surface area (Å²) < 4.78 is 55.8. The maximum absolute atomic E-state index is 13.2. The first-order chi connectivity index (χ1) is 10.4. The highest BCUT2D eigenvalue weighted by molar-refractivity contribution is 5.29. The minimum atomic E-state index is -4.40. The van der Waals surface area contributed by atoms with Crippen molar-refractivity contribution in [3.05, 3.63) is 65.5 Å². The van der Waals surface area contributed by atoms with Crippen molar-refractivity contribution in [2.45, 2.75) is 12.1 Å². The van der Waals surface area contributed by atoms with Gasteiger partial charge in [-0.05, 0) is 42.0 Å². The number of aliphatic hydroxyl groups excluding tert-OH is 1. The molecule has 1 N–H and O–H groups in total. The van der Waals surface area contributed by atoms with E-state index in [0.717, 1.165) is 12.1 Å². The number of rotatable bonds is 5. The second-order valence-electron chi connectivity index (χ2n) is 4.77. The fourth-order valence-electron chi connectivity index (χ4n) is 1.95. The van der Waals surface area contributed by atoms with Crippen molar-refractivity contribution in [1.82, 2.24) is 0 Å². The van der Waals surface area contributed by atoms with E-state index in [2.05, 4.69) is 0 Å². The van der Waals surface area contributed by atoms with Gasteiger partial charge in [0.25, 0.3) is 0 Å². The molecule has 0 amide bonds. The number of ether oxygens (including phenoxy) is 1. The van der Waals surface area contributed by atoms with Crippen LogP contribution in [0.3, 0.4) is 0 Å². The zero-order valence-corrected chi connectivity index (χ0v) is 11.5. The molecule has 2 aromatic rings. The van der Waals surface area contributed by atoms with Crippen LogP contribution in [-0.4, -0.2) is 18.3 Å². The van der Waals surface area contributed by atoms with Gasteiger partial charge < -0.3 is 9.84 Å². The molecule has 0 aromatic heterocycles. The van der Waals surface area contributed by atoms with Crippen molar-refractivity contribution in [3.63, 3.8) is 0 Å². The van der Waals surface area contributed by atoms with Crippen LogP contribution in [0.5, 0.6) is 5.75 Å². The average Bonchev–Trinajstić information content (AvgIpc) is 2.47. The van der Waals surface area contributed by atoms with E-state index < -0.39 is 23.5 Å². The molecule has 0 bridgehead atoms. The maximum Gasteiger partial charge on any atom is 0.416 e. The van der Waals surface area contributed by atoms with E-state index in [0.29, 0.717) is 5.56 Å². The lowest BCUT2D eigenvalue weighted by Crippen LogP contribution is -2.14. The molecule has 1 atom stereocenters. The second kappa shape index (κ2) is 6.79. The van der Waals surface area contributed by atoms with Crippen LogP contribution in [0.15, 0.2) is 48.5 Å². The molecule has 118 valence electrons. The van der Waals surface area contributed by atoms with Crippen LogP contribution < -0.4 is 4.74 Å². The van der Waals surface area contributed by atoms with Crippen LogP contribution >= 0.6 is 0 Å². The minimum absolute atomic E-state index is 0.0331. The van der Waals surface area contributed by atoms with E-state index in [1.165, 1.54) is 30.3 Å². The Morgan fingerprint density at radius 2 is 1.73 bits per heavy atom. The predicted octanol–water partition coefficient (Wildman–Crippen LogP) is 4.00. The Balaban J connectivity index is 2.02. The number of hydrogen-bond acceptors (Lipinski definition) is 2. The van der Waals surface area contributed by atoms with Crippen molar-refractivity contribution < 1.29 is 27.4 Å². The number of alkyl halides is 3. The van der Waals surface area contributed by atoms with Crippen molar-refractivity contribution in [2.75, 3.05) is 13.2 Å². The Kier molecular flexibility index (Phi) is 5.03. The molecule has 0 fully saturated rings. The van der Waals surface area contributed by atoms with Crippen molar-refractivity contribution in [2.24, 2.45) is 0 Å². The van der Waals surface area contributed by atoms with Crippen molar-refractivity contribution in [3.8, 4) is 5.75 Å². The van der Waals surface area contributed by atoms with Crippen LogP contribution in [0.1, 0.15) is 17.0 Å². The van der Waals surface area contributed by atoms with E-state index in [1.807, 2.05) is 0 Å². The van der Waals surface area contributed by atoms with Gasteiger partial charge in [0.1, 0.15) is 11.6 Å². The van der Waals surface area contributed by atoms with Gasteiger partial charge in [-0.1, -0.05) is 12.1 Å². The summed E-state index contributed by atoms with van der Waals surface area (Å²) in [5.41, 5.74) is -0.196. The lowest BCUT2D eigenvalue weighted by molar-refractivity contribution is -0.137. The molecule has 2 rings (SSSR count). The van der Waals surface area contributed by atoms with Crippen LogP contribution in [0, 0.1) is 5.82 Å². The van der Waals surface area contributed by atoms with Gasteiger partial charge in [-0.3, -0.25) is 0 Å². The van der Waals surface area contributed by atoms with Gasteiger partial charge >= 0.3 is 6.18 Å². The summed E-state index contributed by atoms with van der Waals surface area (Å²) in [5, 5.41) is 9.35. The highest BCUT2D eigenvalue weighted by Gasteiger charge is 2.30. The first-order valence-electron chi connectivity index (χ1n) is 6.56. The molecule has 0 aliphatic heterocycles. The zero-order valence-electron chi connectivity index (χ0n) is 11.5. The minimum Gasteiger partial charge on any atom is -0.493 e. The van der Waals surface area contributed by atoms with Gasteiger partial charge in [0.05, 0.1) is 18.8 Å².